The molecule has 8 heteroatoms. The molecular formula is C27H25N3O5. The van der Waals surface area contributed by atoms with Crippen LogP contribution in [0.15, 0.2) is 66.7 Å². The summed E-state index contributed by atoms with van der Waals surface area (Å²) in [5.41, 5.74) is 3.83. The minimum absolute atomic E-state index is 0.0766. The van der Waals surface area contributed by atoms with E-state index in [-0.39, 0.29) is 17.4 Å². The Hall–Kier alpha value is -4.46. The number of hydrogen-bond acceptors (Lipinski definition) is 6. The Morgan fingerprint density at radius 3 is 2.51 bits per heavy atom. The number of fused-ring (bicyclic) bond motifs is 1. The van der Waals surface area contributed by atoms with Crippen molar-refractivity contribution in [3.8, 4) is 34.3 Å². The largest absolute Gasteiger partial charge is 0.508 e. The van der Waals surface area contributed by atoms with Crippen LogP contribution in [0.3, 0.4) is 0 Å². The van der Waals surface area contributed by atoms with Crippen molar-refractivity contribution in [3.05, 3.63) is 89.1 Å². The predicted molar refractivity (Wildman–Crippen MR) is 130 cm³/mol. The summed E-state index contributed by atoms with van der Waals surface area (Å²) in [6, 6.07) is 19.0. The van der Waals surface area contributed by atoms with Gasteiger partial charge >= 0.3 is 0 Å². The van der Waals surface area contributed by atoms with E-state index in [1.807, 2.05) is 30.3 Å². The number of nitrogens with one attached hydrogen (secondary N) is 1. The van der Waals surface area contributed by atoms with Gasteiger partial charge in [-0.3, -0.25) is 9.89 Å². The number of methoxy groups -OCH3 is 2. The second-order valence-electron chi connectivity index (χ2n) is 8.31. The Balaban J connectivity index is 1.55. The molecule has 0 fully saturated rings. The normalized spacial score (nSPS) is 14.7. The van der Waals surface area contributed by atoms with Crippen LogP contribution in [0.5, 0.6) is 23.0 Å². The minimum Gasteiger partial charge on any atom is -0.508 e. The Morgan fingerprint density at radius 1 is 0.971 bits per heavy atom. The highest BCUT2D eigenvalue weighted by Gasteiger charge is 2.42. The number of hydrogen-bond donors (Lipinski definition) is 3. The highest BCUT2D eigenvalue weighted by molar-refractivity contribution is 6.00. The molecule has 0 unspecified atom stereocenters. The quantitative estimate of drug-likeness (QED) is 0.371. The number of ether oxygens (including phenoxy) is 2. The summed E-state index contributed by atoms with van der Waals surface area (Å²) in [6.45, 7) is 0.414. The lowest BCUT2D eigenvalue weighted by atomic mass is 9.95. The molecule has 0 saturated carbocycles. The van der Waals surface area contributed by atoms with Crippen LogP contribution >= 0.6 is 0 Å². The maximum absolute atomic E-state index is 13.5. The van der Waals surface area contributed by atoms with Gasteiger partial charge in [0.15, 0.2) is 11.5 Å². The van der Waals surface area contributed by atoms with E-state index in [1.54, 1.807) is 55.5 Å². The number of phenols is 2. The van der Waals surface area contributed by atoms with Crippen LogP contribution in [0.2, 0.25) is 0 Å². The molecule has 4 aromatic rings. The van der Waals surface area contributed by atoms with Crippen LogP contribution in [0.25, 0.3) is 11.3 Å². The van der Waals surface area contributed by atoms with Gasteiger partial charge in [-0.15, -0.1) is 0 Å². The Morgan fingerprint density at radius 2 is 1.77 bits per heavy atom. The van der Waals surface area contributed by atoms with Gasteiger partial charge < -0.3 is 24.6 Å². The number of H-pyrrole nitrogens is 1. The molecule has 0 bridgehead atoms. The Kier molecular flexibility index (Phi) is 5.78. The SMILES string of the molecule is COc1ccc(CCN2C(=O)c3[nH]nc(-c4ccccc4O)c3[C@H]2c2cccc(O)c2)cc1OC. The summed E-state index contributed by atoms with van der Waals surface area (Å²) < 4.78 is 10.7. The van der Waals surface area contributed by atoms with Crippen molar-refractivity contribution in [3.63, 3.8) is 0 Å². The topological polar surface area (TPSA) is 108 Å². The standard InChI is InChI=1S/C27H25N3O5/c1-34-21-11-10-16(14-22(21)35-2)12-13-30-26(17-6-5-7-18(31)15-17)23-24(28-29-25(23)27(30)33)19-8-3-4-9-20(19)32/h3-11,14-15,26,31-32H,12-13H2,1-2H3,(H,28,29)/t26-/m1/s1. The molecule has 1 aliphatic rings. The van der Waals surface area contributed by atoms with Gasteiger partial charge in [0.25, 0.3) is 5.91 Å². The predicted octanol–water partition coefficient (Wildman–Crippen LogP) is 4.29. The first-order valence-electron chi connectivity index (χ1n) is 11.2. The molecule has 3 aromatic carbocycles. The molecule has 0 spiro atoms. The van der Waals surface area contributed by atoms with Crippen LogP contribution in [0.1, 0.15) is 33.2 Å². The van der Waals surface area contributed by atoms with Crippen molar-refractivity contribution in [1.82, 2.24) is 15.1 Å². The van der Waals surface area contributed by atoms with Crippen molar-refractivity contribution in [2.45, 2.75) is 12.5 Å². The lowest BCUT2D eigenvalue weighted by molar-refractivity contribution is 0.0745. The zero-order valence-electron chi connectivity index (χ0n) is 19.4. The number of nitrogens with zero attached hydrogens (tertiary/aromatic N) is 2. The van der Waals surface area contributed by atoms with E-state index >= 15 is 0 Å². The third-order valence-corrected chi connectivity index (χ3v) is 6.30. The molecular weight excluding hydrogens is 446 g/mol. The van der Waals surface area contributed by atoms with Crippen LogP contribution in [-0.4, -0.2) is 52.0 Å². The second-order valence-corrected chi connectivity index (χ2v) is 8.31. The number of aromatic hydroxyl groups is 2. The average Bonchev–Trinajstić information content (AvgIpc) is 3.41. The number of benzene rings is 3. The molecule has 1 aliphatic heterocycles. The van der Waals surface area contributed by atoms with Crippen LogP contribution in [-0.2, 0) is 6.42 Å². The number of rotatable bonds is 7. The van der Waals surface area contributed by atoms with Crippen molar-refractivity contribution >= 4 is 5.91 Å². The van der Waals surface area contributed by atoms with Crippen LogP contribution in [0, 0.1) is 0 Å². The zero-order chi connectivity index (χ0) is 24.5. The van der Waals surface area contributed by atoms with Crippen molar-refractivity contribution in [1.29, 1.82) is 0 Å². The first-order chi connectivity index (χ1) is 17.0. The molecule has 0 aliphatic carbocycles. The molecule has 178 valence electrons. The van der Waals surface area contributed by atoms with Gasteiger partial charge in [0.05, 0.1) is 20.3 Å². The average molecular weight is 472 g/mol. The highest BCUT2D eigenvalue weighted by atomic mass is 16.5. The van der Waals surface area contributed by atoms with Gasteiger partial charge in [-0.1, -0.05) is 30.3 Å². The van der Waals surface area contributed by atoms with E-state index in [0.717, 1.165) is 11.1 Å². The van der Waals surface area contributed by atoms with E-state index in [1.165, 1.54) is 0 Å². The van der Waals surface area contributed by atoms with E-state index in [9.17, 15) is 15.0 Å². The number of phenolic OH excluding ortho intramolecular Hbond substituents is 2. The van der Waals surface area contributed by atoms with E-state index in [2.05, 4.69) is 10.2 Å². The second kappa shape index (κ2) is 9.06. The van der Waals surface area contributed by atoms with Gasteiger partial charge in [0.2, 0.25) is 0 Å². The first kappa shape index (κ1) is 22.3. The molecule has 0 radical (unpaired) electrons. The van der Waals surface area contributed by atoms with E-state index in [4.69, 9.17) is 9.47 Å². The Labute approximate surface area is 202 Å². The van der Waals surface area contributed by atoms with Gasteiger partial charge in [-0.05, 0) is 53.9 Å². The van der Waals surface area contributed by atoms with E-state index in [0.29, 0.717) is 47.0 Å². The summed E-state index contributed by atoms with van der Waals surface area (Å²) in [4.78, 5) is 15.3. The summed E-state index contributed by atoms with van der Waals surface area (Å²) in [7, 11) is 3.17. The molecule has 35 heavy (non-hydrogen) atoms. The summed E-state index contributed by atoms with van der Waals surface area (Å²) >= 11 is 0. The molecule has 1 atom stereocenters. The third-order valence-electron chi connectivity index (χ3n) is 6.30. The third kappa shape index (κ3) is 3.93. The molecule has 5 rings (SSSR count). The lowest BCUT2D eigenvalue weighted by Crippen LogP contribution is -2.31. The number of carbonyl (C=O) groups excluding carboxylic acids is 1. The number of aromatic nitrogens is 2. The fourth-order valence-corrected chi connectivity index (χ4v) is 4.63. The maximum atomic E-state index is 13.5. The van der Waals surface area contributed by atoms with Crippen molar-refractivity contribution < 1.29 is 24.5 Å². The number of amides is 1. The monoisotopic (exact) mass is 471 g/mol. The lowest BCUT2D eigenvalue weighted by Gasteiger charge is -2.26. The van der Waals surface area contributed by atoms with Crippen LogP contribution < -0.4 is 9.47 Å². The minimum atomic E-state index is -0.488. The van der Waals surface area contributed by atoms with Gasteiger partial charge in [0.1, 0.15) is 22.9 Å². The molecule has 2 heterocycles. The van der Waals surface area contributed by atoms with E-state index < -0.39 is 6.04 Å². The first-order valence-corrected chi connectivity index (χ1v) is 11.2. The fourth-order valence-electron chi connectivity index (χ4n) is 4.63. The molecule has 1 aromatic heterocycles. The maximum Gasteiger partial charge on any atom is 0.273 e. The fraction of sp³-hybridized carbons (Fsp3) is 0.185. The van der Waals surface area contributed by atoms with Gasteiger partial charge in [0, 0.05) is 17.7 Å². The van der Waals surface area contributed by atoms with Gasteiger partial charge in [-0.2, -0.15) is 5.10 Å². The Bertz CT molecular complexity index is 1400. The summed E-state index contributed by atoms with van der Waals surface area (Å²) in [5.74, 6) is 1.25. The molecule has 0 saturated heterocycles. The zero-order valence-corrected chi connectivity index (χ0v) is 19.4. The van der Waals surface area contributed by atoms with Crippen molar-refractivity contribution in [2.24, 2.45) is 0 Å². The summed E-state index contributed by atoms with van der Waals surface area (Å²) in [5, 5.41) is 27.9. The summed E-state index contributed by atoms with van der Waals surface area (Å²) in [6.07, 6.45) is 0.574. The van der Waals surface area contributed by atoms with Crippen LogP contribution in [0.4, 0.5) is 0 Å². The molecule has 1 amide bonds. The number of aromatic amines is 1. The molecule has 8 nitrogen and oxygen atoms in total. The van der Waals surface area contributed by atoms with Gasteiger partial charge in [-0.25, -0.2) is 0 Å². The number of carbonyl (C=O) groups is 1. The molecule has 3 N–H and O–H groups in total. The number of para-hydroxylation sites is 1. The smallest absolute Gasteiger partial charge is 0.273 e. The van der Waals surface area contributed by atoms with Crippen molar-refractivity contribution in [2.75, 3.05) is 20.8 Å². The highest BCUT2D eigenvalue weighted by Crippen LogP contribution is 2.45.